The highest BCUT2D eigenvalue weighted by molar-refractivity contribution is 4.88. The van der Waals surface area contributed by atoms with Gasteiger partial charge in [0.25, 0.3) is 0 Å². The monoisotopic (exact) mass is 390 g/mol. The highest BCUT2D eigenvalue weighted by Gasteiger charge is 2.06. The standard InChI is InChI=1S/C20H40N2.C4H6N2/c1-3-4-5-6-7-8-9-10-11-12-13-14-15-16-17-22-19-18-21(2)20-22;1-4-5-2-3-6-4/h18-19H,3-17,20H2,1-2H3;2-3H,1H3,(H,5,6). The van der Waals surface area contributed by atoms with Gasteiger partial charge in [0.15, 0.2) is 0 Å². The van der Waals surface area contributed by atoms with E-state index in [9.17, 15) is 0 Å². The number of hydrogen-bond donors (Lipinski definition) is 1. The number of H-pyrrole nitrogens is 1. The second kappa shape index (κ2) is 17.6. The first kappa shape index (κ1) is 24.6. The molecule has 0 saturated carbocycles. The Balaban J connectivity index is 0.000000552. The van der Waals surface area contributed by atoms with E-state index in [-0.39, 0.29) is 0 Å². The Morgan fingerprint density at radius 2 is 1.36 bits per heavy atom. The van der Waals surface area contributed by atoms with Gasteiger partial charge in [-0.05, 0) is 13.3 Å². The Morgan fingerprint density at radius 3 is 1.71 bits per heavy atom. The van der Waals surface area contributed by atoms with Gasteiger partial charge in [0.2, 0.25) is 0 Å². The second-order valence-corrected chi connectivity index (χ2v) is 8.28. The molecule has 1 N–H and O–H groups in total. The molecule has 0 radical (unpaired) electrons. The van der Waals surface area contributed by atoms with E-state index in [4.69, 9.17) is 0 Å². The van der Waals surface area contributed by atoms with Gasteiger partial charge in [-0.15, -0.1) is 0 Å². The number of aromatic amines is 1. The van der Waals surface area contributed by atoms with E-state index in [1.807, 2.05) is 6.92 Å². The van der Waals surface area contributed by atoms with Crippen LogP contribution in [0, 0.1) is 6.92 Å². The van der Waals surface area contributed by atoms with Gasteiger partial charge < -0.3 is 14.8 Å². The third-order valence-corrected chi connectivity index (χ3v) is 5.37. The summed E-state index contributed by atoms with van der Waals surface area (Å²) in [6, 6.07) is 0. The first-order chi connectivity index (χ1) is 13.7. The molecule has 0 fully saturated rings. The molecule has 0 bridgehead atoms. The Kier molecular flexibility index (Phi) is 15.5. The van der Waals surface area contributed by atoms with Gasteiger partial charge in [-0.3, -0.25) is 0 Å². The molecule has 28 heavy (non-hydrogen) atoms. The lowest BCUT2D eigenvalue weighted by atomic mass is 10.0. The van der Waals surface area contributed by atoms with E-state index in [0.29, 0.717) is 0 Å². The summed E-state index contributed by atoms with van der Waals surface area (Å²) in [5.74, 6) is 0.968. The zero-order valence-electron chi connectivity index (χ0n) is 19.0. The largest absolute Gasteiger partial charge is 0.362 e. The average molecular weight is 391 g/mol. The lowest BCUT2D eigenvalue weighted by Gasteiger charge is -2.17. The maximum atomic E-state index is 3.86. The van der Waals surface area contributed by atoms with E-state index >= 15 is 0 Å². The SMILES string of the molecule is CCCCCCCCCCCCCCCCN1C=CN(C)C1.Cc1ncc[nH]1. The molecule has 1 aliphatic heterocycles. The average Bonchev–Trinajstić information content (AvgIpc) is 3.33. The van der Waals surface area contributed by atoms with E-state index in [1.165, 1.54) is 96.4 Å². The Hall–Kier alpha value is -1.45. The molecule has 0 amide bonds. The molecule has 2 heterocycles. The number of aromatic nitrogens is 2. The van der Waals surface area contributed by atoms with Crippen LogP contribution in [-0.2, 0) is 0 Å². The molecule has 1 aliphatic rings. The van der Waals surface area contributed by atoms with Crippen molar-refractivity contribution in [2.24, 2.45) is 0 Å². The third-order valence-electron chi connectivity index (χ3n) is 5.37. The predicted molar refractivity (Wildman–Crippen MR) is 122 cm³/mol. The molecule has 1 aromatic rings. The van der Waals surface area contributed by atoms with Crippen molar-refractivity contribution in [2.75, 3.05) is 20.3 Å². The van der Waals surface area contributed by atoms with Crippen LogP contribution in [0.2, 0.25) is 0 Å². The van der Waals surface area contributed by atoms with Crippen LogP contribution in [0.5, 0.6) is 0 Å². The van der Waals surface area contributed by atoms with Crippen LogP contribution < -0.4 is 0 Å². The molecule has 0 aliphatic carbocycles. The third kappa shape index (κ3) is 14.6. The molecule has 0 spiro atoms. The summed E-state index contributed by atoms with van der Waals surface area (Å²) in [5.41, 5.74) is 0. The summed E-state index contributed by atoms with van der Waals surface area (Å²) in [6.45, 7) is 6.53. The molecule has 4 nitrogen and oxygen atoms in total. The fourth-order valence-corrected chi connectivity index (χ4v) is 3.59. The summed E-state index contributed by atoms with van der Waals surface area (Å²) in [5, 5.41) is 0. The van der Waals surface area contributed by atoms with Crippen molar-refractivity contribution < 1.29 is 0 Å². The molecule has 0 saturated heterocycles. The number of hydrogen-bond acceptors (Lipinski definition) is 3. The number of unbranched alkanes of at least 4 members (excludes halogenated alkanes) is 13. The molecular weight excluding hydrogens is 344 g/mol. The number of nitrogens with zero attached hydrogens (tertiary/aromatic N) is 3. The molecule has 0 unspecified atom stereocenters. The number of nitrogens with one attached hydrogen (secondary N) is 1. The van der Waals surface area contributed by atoms with Crippen molar-refractivity contribution >= 4 is 0 Å². The lowest BCUT2D eigenvalue weighted by Crippen LogP contribution is -2.23. The van der Waals surface area contributed by atoms with Gasteiger partial charge in [-0.25, -0.2) is 4.98 Å². The van der Waals surface area contributed by atoms with Crippen LogP contribution in [0.3, 0.4) is 0 Å². The summed E-state index contributed by atoms with van der Waals surface area (Å²) in [7, 11) is 2.14. The van der Waals surface area contributed by atoms with Crippen molar-refractivity contribution in [1.82, 2.24) is 19.8 Å². The molecular formula is C24H46N4. The van der Waals surface area contributed by atoms with Gasteiger partial charge in [-0.2, -0.15) is 0 Å². The minimum absolute atomic E-state index is 0.968. The van der Waals surface area contributed by atoms with Gasteiger partial charge in [-0.1, -0.05) is 90.4 Å². The predicted octanol–water partition coefficient (Wildman–Crippen LogP) is 6.86. The molecule has 2 rings (SSSR count). The highest BCUT2D eigenvalue weighted by Crippen LogP contribution is 2.13. The van der Waals surface area contributed by atoms with Crippen molar-refractivity contribution in [3.05, 3.63) is 30.6 Å². The fraction of sp³-hybridized carbons (Fsp3) is 0.792. The summed E-state index contributed by atoms with van der Waals surface area (Å²) >= 11 is 0. The molecule has 4 heteroatoms. The first-order valence-electron chi connectivity index (χ1n) is 11.8. The highest BCUT2D eigenvalue weighted by atomic mass is 15.3. The van der Waals surface area contributed by atoms with Gasteiger partial charge in [0.1, 0.15) is 5.82 Å². The van der Waals surface area contributed by atoms with Gasteiger partial charge in [0.05, 0.1) is 6.67 Å². The maximum absolute atomic E-state index is 3.86. The van der Waals surface area contributed by atoms with Crippen molar-refractivity contribution in [2.45, 2.75) is 104 Å². The zero-order valence-corrected chi connectivity index (χ0v) is 19.0. The van der Waals surface area contributed by atoms with Crippen LogP contribution in [0.15, 0.2) is 24.8 Å². The van der Waals surface area contributed by atoms with Crippen molar-refractivity contribution in [1.29, 1.82) is 0 Å². The summed E-state index contributed by atoms with van der Waals surface area (Å²) in [6.07, 6.45) is 28.1. The second-order valence-electron chi connectivity index (χ2n) is 8.28. The zero-order chi connectivity index (χ0) is 20.3. The minimum atomic E-state index is 0.968. The molecule has 162 valence electrons. The van der Waals surface area contributed by atoms with E-state index in [1.54, 1.807) is 12.4 Å². The quantitative estimate of drug-likeness (QED) is 0.332. The van der Waals surface area contributed by atoms with E-state index in [2.05, 4.69) is 46.1 Å². The van der Waals surface area contributed by atoms with Crippen molar-refractivity contribution in [3.63, 3.8) is 0 Å². The topological polar surface area (TPSA) is 35.2 Å². The number of rotatable bonds is 15. The molecule has 1 aromatic heterocycles. The van der Waals surface area contributed by atoms with Crippen LogP contribution in [0.4, 0.5) is 0 Å². The Labute approximate surface area is 174 Å². The molecule has 0 aromatic carbocycles. The van der Waals surface area contributed by atoms with Crippen LogP contribution in [-0.4, -0.2) is 40.0 Å². The fourth-order valence-electron chi connectivity index (χ4n) is 3.59. The van der Waals surface area contributed by atoms with Crippen LogP contribution in [0.1, 0.15) is 103 Å². The van der Waals surface area contributed by atoms with Crippen LogP contribution >= 0.6 is 0 Å². The summed E-state index contributed by atoms with van der Waals surface area (Å²) in [4.78, 5) is 11.4. The first-order valence-corrected chi connectivity index (χ1v) is 11.8. The van der Waals surface area contributed by atoms with Crippen molar-refractivity contribution in [3.8, 4) is 0 Å². The van der Waals surface area contributed by atoms with Crippen LogP contribution in [0.25, 0.3) is 0 Å². The van der Waals surface area contributed by atoms with E-state index < -0.39 is 0 Å². The van der Waals surface area contributed by atoms with Gasteiger partial charge in [0, 0.05) is 38.4 Å². The minimum Gasteiger partial charge on any atom is -0.362 e. The Morgan fingerprint density at radius 1 is 0.821 bits per heavy atom. The maximum Gasteiger partial charge on any atom is 0.102 e. The molecule has 0 atom stereocenters. The lowest BCUT2D eigenvalue weighted by molar-refractivity contribution is 0.290. The van der Waals surface area contributed by atoms with E-state index in [0.717, 1.165) is 12.5 Å². The number of imidazole rings is 1. The normalized spacial score (nSPS) is 13.1. The summed E-state index contributed by atoms with van der Waals surface area (Å²) < 4.78 is 0. The number of aryl methyl sites for hydroxylation is 1. The Bertz CT molecular complexity index is 455. The van der Waals surface area contributed by atoms with Gasteiger partial charge >= 0.3 is 0 Å². The smallest absolute Gasteiger partial charge is 0.102 e.